The number of halogens is 2. The van der Waals surface area contributed by atoms with E-state index in [1.165, 1.54) is 12.8 Å². The number of nitrogens with zero attached hydrogens (tertiary/aromatic N) is 6. The smallest absolute Gasteiger partial charge is 0.226 e. The monoisotopic (exact) mass is 470 g/mol. The Balaban J connectivity index is 1.44. The predicted molar refractivity (Wildman–Crippen MR) is 130 cm³/mol. The van der Waals surface area contributed by atoms with Crippen LogP contribution in [-0.2, 0) is 6.54 Å². The SMILES string of the molecule is CC(C)C(c1ccc(F)cc1)N1C[C@H](C)N(c2nc(Cl)nc3c2ncn3CC2CC2)C[C@H]1C. The van der Waals surface area contributed by atoms with E-state index in [4.69, 9.17) is 16.6 Å². The average Bonchev–Trinajstić information content (AvgIpc) is 3.50. The Kier molecular flexibility index (Phi) is 6.04. The first kappa shape index (κ1) is 22.5. The first-order chi connectivity index (χ1) is 15.8. The minimum absolute atomic E-state index is 0.196. The molecule has 2 fully saturated rings. The van der Waals surface area contributed by atoms with E-state index in [0.29, 0.717) is 5.92 Å². The van der Waals surface area contributed by atoms with Crippen LogP contribution in [0.25, 0.3) is 11.2 Å². The van der Waals surface area contributed by atoms with Crippen LogP contribution in [0.1, 0.15) is 52.1 Å². The van der Waals surface area contributed by atoms with E-state index in [1.807, 2.05) is 18.5 Å². The molecule has 1 saturated heterocycles. The zero-order valence-electron chi connectivity index (χ0n) is 19.7. The summed E-state index contributed by atoms with van der Waals surface area (Å²) in [6.07, 6.45) is 4.42. The number of piperazine rings is 1. The van der Waals surface area contributed by atoms with E-state index in [0.717, 1.165) is 48.1 Å². The second kappa shape index (κ2) is 8.84. The average molecular weight is 471 g/mol. The van der Waals surface area contributed by atoms with Gasteiger partial charge in [-0.25, -0.2) is 9.37 Å². The standard InChI is InChI=1S/C25H32ClFN6/c1-15(2)22(19-7-9-20(27)10-8-19)32-11-17(4)33(12-16(32)3)24-21-23(29-25(26)30-24)31(14-28-21)13-18-5-6-18/h7-10,14-18,22H,5-6,11-13H2,1-4H3/t16-,17+,22?/m1/s1. The molecule has 8 heteroatoms. The van der Waals surface area contributed by atoms with Crippen LogP contribution in [0.2, 0.25) is 5.28 Å². The lowest BCUT2D eigenvalue weighted by molar-refractivity contribution is 0.0821. The Morgan fingerprint density at radius 3 is 2.45 bits per heavy atom. The summed E-state index contributed by atoms with van der Waals surface area (Å²) >= 11 is 6.39. The van der Waals surface area contributed by atoms with E-state index < -0.39 is 0 Å². The van der Waals surface area contributed by atoms with Crippen molar-refractivity contribution in [2.45, 2.75) is 65.2 Å². The molecular formula is C25H32ClFN6. The van der Waals surface area contributed by atoms with Gasteiger partial charge in [-0.05, 0) is 67.8 Å². The first-order valence-corrected chi connectivity index (χ1v) is 12.4. The van der Waals surface area contributed by atoms with Crippen molar-refractivity contribution in [1.82, 2.24) is 24.4 Å². The van der Waals surface area contributed by atoms with Gasteiger partial charge in [-0.2, -0.15) is 9.97 Å². The maximum atomic E-state index is 13.6. The van der Waals surface area contributed by atoms with E-state index in [2.05, 4.69) is 52.0 Å². The fourth-order valence-electron chi connectivity index (χ4n) is 5.27. The molecule has 3 atom stereocenters. The number of anilines is 1. The number of imidazole rings is 1. The van der Waals surface area contributed by atoms with Gasteiger partial charge in [0.2, 0.25) is 5.28 Å². The quantitative estimate of drug-likeness (QED) is 0.456. The highest BCUT2D eigenvalue weighted by atomic mass is 35.5. The molecule has 0 amide bonds. The second-order valence-corrected chi connectivity index (χ2v) is 10.5. The highest BCUT2D eigenvalue weighted by Crippen LogP contribution is 2.36. The van der Waals surface area contributed by atoms with E-state index in [-0.39, 0.29) is 29.2 Å². The Morgan fingerprint density at radius 2 is 1.79 bits per heavy atom. The fraction of sp³-hybridized carbons (Fsp3) is 0.560. The maximum absolute atomic E-state index is 13.6. The van der Waals surface area contributed by atoms with Crippen LogP contribution in [0.5, 0.6) is 0 Å². The Hall–Kier alpha value is -2.25. The van der Waals surface area contributed by atoms with Gasteiger partial charge < -0.3 is 9.47 Å². The van der Waals surface area contributed by atoms with Gasteiger partial charge in [-0.3, -0.25) is 4.90 Å². The lowest BCUT2D eigenvalue weighted by Crippen LogP contribution is -2.58. The molecule has 1 aliphatic heterocycles. The zero-order valence-corrected chi connectivity index (χ0v) is 20.5. The first-order valence-electron chi connectivity index (χ1n) is 12.0. The van der Waals surface area contributed by atoms with Crippen molar-refractivity contribution in [1.29, 1.82) is 0 Å². The number of aromatic nitrogens is 4. The van der Waals surface area contributed by atoms with Crippen molar-refractivity contribution >= 4 is 28.6 Å². The lowest BCUT2D eigenvalue weighted by atomic mass is 9.91. The van der Waals surface area contributed by atoms with Gasteiger partial charge in [0.05, 0.1) is 6.33 Å². The van der Waals surface area contributed by atoms with Crippen molar-refractivity contribution in [3.05, 3.63) is 47.3 Å². The van der Waals surface area contributed by atoms with Gasteiger partial charge in [0.25, 0.3) is 0 Å². The van der Waals surface area contributed by atoms with Crippen LogP contribution in [0, 0.1) is 17.7 Å². The molecule has 2 aromatic heterocycles. The third kappa shape index (κ3) is 4.45. The van der Waals surface area contributed by atoms with Gasteiger partial charge in [0, 0.05) is 37.8 Å². The van der Waals surface area contributed by atoms with Gasteiger partial charge in [0.15, 0.2) is 17.0 Å². The largest absolute Gasteiger partial charge is 0.349 e. The van der Waals surface area contributed by atoms with Crippen LogP contribution in [-0.4, -0.2) is 49.6 Å². The fourth-order valence-corrected chi connectivity index (χ4v) is 5.43. The number of benzene rings is 1. The van der Waals surface area contributed by atoms with Crippen molar-refractivity contribution in [2.75, 3.05) is 18.0 Å². The third-order valence-electron chi connectivity index (χ3n) is 7.08. The molecule has 33 heavy (non-hydrogen) atoms. The molecule has 0 radical (unpaired) electrons. The number of rotatable bonds is 6. The van der Waals surface area contributed by atoms with Crippen molar-refractivity contribution in [2.24, 2.45) is 11.8 Å². The molecular weight excluding hydrogens is 439 g/mol. The molecule has 3 heterocycles. The van der Waals surface area contributed by atoms with Crippen molar-refractivity contribution < 1.29 is 4.39 Å². The van der Waals surface area contributed by atoms with Crippen LogP contribution < -0.4 is 4.90 Å². The lowest BCUT2D eigenvalue weighted by Gasteiger charge is -2.49. The van der Waals surface area contributed by atoms with Crippen molar-refractivity contribution in [3.8, 4) is 0 Å². The van der Waals surface area contributed by atoms with Crippen molar-refractivity contribution in [3.63, 3.8) is 0 Å². The van der Waals surface area contributed by atoms with Crippen LogP contribution in [0.3, 0.4) is 0 Å². The van der Waals surface area contributed by atoms with Crippen LogP contribution in [0.4, 0.5) is 10.2 Å². The molecule has 1 saturated carbocycles. The molecule has 6 nitrogen and oxygen atoms in total. The molecule has 176 valence electrons. The molecule has 1 aliphatic carbocycles. The Morgan fingerprint density at radius 1 is 1.06 bits per heavy atom. The summed E-state index contributed by atoms with van der Waals surface area (Å²) in [7, 11) is 0. The molecule has 0 spiro atoms. The minimum atomic E-state index is -0.196. The van der Waals surface area contributed by atoms with E-state index >= 15 is 0 Å². The van der Waals surface area contributed by atoms with Gasteiger partial charge in [0.1, 0.15) is 5.82 Å². The molecule has 1 aromatic carbocycles. The molecule has 2 aliphatic rings. The molecule has 1 unspecified atom stereocenters. The summed E-state index contributed by atoms with van der Waals surface area (Å²) in [5, 5.41) is 0.267. The van der Waals surface area contributed by atoms with Crippen LogP contribution >= 0.6 is 11.6 Å². The molecule has 5 rings (SSSR count). The summed E-state index contributed by atoms with van der Waals surface area (Å²) in [4.78, 5) is 18.7. The normalized spacial score (nSPS) is 22.9. The Bertz CT molecular complexity index is 1130. The number of fused-ring (bicyclic) bond motifs is 1. The summed E-state index contributed by atoms with van der Waals surface area (Å²) < 4.78 is 15.7. The summed E-state index contributed by atoms with van der Waals surface area (Å²) in [5.41, 5.74) is 2.81. The predicted octanol–water partition coefficient (Wildman–Crippen LogP) is 5.33. The minimum Gasteiger partial charge on any atom is -0.349 e. The molecule has 0 N–H and O–H groups in total. The highest BCUT2D eigenvalue weighted by Gasteiger charge is 2.37. The Labute approximate surface area is 199 Å². The second-order valence-electron chi connectivity index (χ2n) is 10.1. The van der Waals surface area contributed by atoms with Gasteiger partial charge in [-0.1, -0.05) is 26.0 Å². The van der Waals surface area contributed by atoms with Gasteiger partial charge in [-0.15, -0.1) is 0 Å². The highest BCUT2D eigenvalue weighted by molar-refractivity contribution is 6.28. The maximum Gasteiger partial charge on any atom is 0.226 e. The summed E-state index contributed by atoms with van der Waals surface area (Å²) in [5.74, 6) is 1.75. The third-order valence-corrected chi connectivity index (χ3v) is 7.25. The molecule has 3 aromatic rings. The van der Waals surface area contributed by atoms with Crippen LogP contribution in [0.15, 0.2) is 30.6 Å². The van der Waals surface area contributed by atoms with E-state index in [1.54, 1.807) is 12.1 Å². The summed E-state index contributed by atoms with van der Waals surface area (Å²) in [6.45, 7) is 11.6. The number of hydrogen-bond donors (Lipinski definition) is 0. The zero-order chi connectivity index (χ0) is 23.3. The molecule has 0 bridgehead atoms. The number of hydrogen-bond acceptors (Lipinski definition) is 5. The summed E-state index contributed by atoms with van der Waals surface area (Å²) in [6, 6.07) is 7.67. The van der Waals surface area contributed by atoms with Gasteiger partial charge >= 0.3 is 0 Å². The topological polar surface area (TPSA) is 50.1 Å². The van der Waals surface area contributed by atoms with E-state index in [9.17, 15) is 4.39 Å².